The molecule has 1 aromatic heterocycles. The summed E-state index contributed by atoms with van der Waals surface area (Å²) in [4.78, 5) is 17.0. The number of anilines is 1. The average Bonchev–Trinajstić information content (AvgIpc) is 2.89. The molecule has 34 heavy (non-hydrogen) atoms. The molecular weight excluding hydrogens is 424 g/mol. The van der Waals surface area contributed by atoms with E-state index in [2.05, 4.69) is 41.1 Å². The Morgan fingerprint density at radius 3 is 2.03 bits per heavy atom. The van der Waals surface area contributed by atoms with Crippen LogP contribution in [0.15, 0.2) is 48.5 Å². The van der Waals surface area contributed by atoms with Crippen molar-refractivity contribution in [3.8, 4) is 23.4 Å². The second-order valence-corrected chi connectivity index (χ2v) is 8.63. The highest BCUT2D eigenvalue weighted by Crippen LogP contribution is 2.30. The smallest absolute Gasteiger partial charge is 0.253 e. The number of nitrogens with zero attached hydrogens (tertiary/aromatic N) is 6. The SMILES string of the molecule is Cc1c(-c2ccc(C#N)cc2)nnc(N2CCC(N(C)C(=O)c3ccc(C#N)cc3)CC2)c1C. The molecule has 0 radical (unpaired) electrons. The number of rotatable bonds is 4. The van der Waals surface area contributed by atoms with Gasteiger partial charge in [-0.3, -0.25) is 4.79 Å². The molecule has 0 N–H and O–H groups in total. The fourth-order valence-corrected chi connectivity index (χ4v) is 4.39. The van der Waals surface area contributed by atoms with Crippen molar-refractivity contribution in [2.24, 2.45) is 0 Å². The molecule has 0 aliphatic carbocycles. The number of hydrogen-bond donors (Lipinski definition) is 0. The molecule has 1 saturated heterocycles. The molecule has 0 bridgehead atoms. The van der Waals surface area contributed by atoms with Gasteiger partial charge in [-0.15, -0.1) is 10.2 Å². The summed E-state index contributed by atoms with van der Waals surface area (Å²) in [5.41, 5.74) is 5.70. The first-order chi connectivity index (χ1) is 16.4. The van der Waals surface area contributed by atoms with E-state index >= 15 is 0 Å². The van der Waals surface area contributed by atoms with Crippen LogP contribution in [0.4, 0.5) is 5.82 Å². The highest BCUT2D eigenvalue weighted by molar-refractivity contribution is 5.94. The molecule has 2 aromatic carbocycles. The lowest BCUT2D eigenvalue weighted by Crippen LogP contribution is -2.46. The molecule has 1 fully saturated rings. The zero-order valence-electron chi connectivity index (χ0n) is 19.6. The van der Waals surface area contributed by atoms with Crippen LogP contribution in [0.25, 0.3) is 11.3 Å². The first-order valence-electron chi connectivity index (χ1n) is 11.3. The van der Waals surface area contributed by atoms with E-state index in [1.807, 2.05) is 24.1 Å². The van der Waals surface area contributed by atoms with Gasteiger partial charge < -0.3 is 9.80 Å². The standard InChI is InChI=1S/C27H26N6O/c1-18-19(2)26(31-30-25(18)22-8-4-20(16-28)5-9-22)33-14-12-24(13-15-33)32(3)27(34)23-10-6-21(17-29)7-11-23/h4-11,24H,12-15H2,1-3H3. The molecule has 1 aliphatic rings. The Balaban J connectivity index is 1.44. The number of amides is 1. The Hall–Kier alpha value is -4.23. The topological polar surface area (TPSA) is 96.9 Å². The number of hydrogen-bond acceptors (Lipinski definition) is 6. The quantitative estimate of drug-likeness (QED) is 0.590. The predicted octanol–water partition coefficient (Wildman–Crippen LogP) is 4.24. The highest BCUT2D eigenvalue weighted by atomic mass is 16.2. The Morgan fingerprint density at radius 2 is 1.47 bits per heavy atom. The zero-order chi connectivity index (χ0) is 24.2. The van der Waals surface area contributed by atoms with Crippen molar-refractivity contribution in [2.45, 2.75) is 32.7 Å². The third kappa shape index (κ3) is 4.46. The van der Waals surface area contributed by atoms with Crippen LogP contribution in [0, 0.1) is 36.5 Å². The molecule has 0 unspecified atom stereocenters. The average molecular weight is 451 g/mol. The summed E-state index contributed by atoms with van der Waals surface area (Å²) < 4.78 is 0. The zero-order valence-corrected chi connectivity index (χ0v) is 19.6. The number of aromatic nitrogens is 2. The lowest BCUT2D eigenvalue weighted by Gasteiger charge is -2.37. The van der Waals surface area contributed by atoms with E-state index in [0.717, 1.165) is 54.1 Å². The van der Waals surface area contributed by atoms with Crippen molar-refractivity contribution in [1.29, 1.82) is 10.5 Å². The molecule has 0 saturated carbocycles. The van der Waals surface area contributed by atoms with Gasteiger partial charge in [-0.1, -0.05) is 12.1 Å². The number of nitriles is 2. The van der Waals surface area contributed by atoms with Gasteiger partial charge in [0, 0.05) is 37.3 Å². The molecule has 7 heteroatoms. The summed E-state index contributed by atoms with van der Waals surface area (Å²) in [7, 11) is 1.85. The molecule has 4 rings (SSSR count). The van der Waals surface area contributed by atoms with Crippen molar-refractivity contribution < 1.29 is 4.79 Å². The normalized spacial score (nSPS) is 13.7. The summed E-state index contributed by atoms with van der Waals surface area (Å²) in [5.74, 6) is 0.857. The van der Waals surface area contributed by atoms with Crippen LogP contribution < -0.4 is 4.90 Å². The van der Waals surface area contributed by atoms with E-state index in [9.17, 15) is 4.79 Å². The maximum absolute atomic E-state index is 12.9. The molecule has 2 heterocycles. The lowest BCUT2D eigenvalue weighted by molar-refractivity contribution is 0.0709. The van der Waals surface area contributed by atoms with E-state index in [1.165, 1.54) is 0 Å². The maximum atomic E-state index is 12.9. The van der Waals surface area contributed by atoms with E-state index in [1.54, 1.807) is 36.4 Å². The van der Waals surface area contributed by atoms with E-state index in [-0.39, 0.29) is 11.9 Å². The second kappa shape index (κ2) is 9.72. The van der Waals surface area contributed by atoms with Gasteiger partial charge in [0.15, 0.2) is 5.82 Å². The minimum Gasteiger partial charge on any atom is -0.355 e. The van der Waals surface area contributed by atoms with Gasteiger partial charge in [-0.2, -0.15) is 10.5 Å². The highest BCUT2D eigenvalue weighted by Gasteiger charge is 2.28. The predicted molar refractivity (Wildman–Crippen MR) is 130 cm³/mol. The van der Waals surface area contributed by atoms with Crippen LogP contribution in [0.2, 0.25) is 0 Å². The van der Waals surface area contributed by atoms with Gasteiger partial charge in [0.05, 0.1) is 29.0 Å². The summed E-state index contributed by atoms with van der Waals surface area (Å²) in [6.07, 6.45) is 1.69. The van der Waals surface area contributed by atoms with Gasteiger partial charge in [-0.25, -0.2) is 0 Å². The first kappa shape index (κ1) is 22.9. The minimum absolute atomic E-state index is 0.0264. The number of carbonyl (C=O) groups excluding carboxylic acids is 1. The van der Waals surface area contributed by atoms with E-state index in [4.69, 9.17) is 10.5 Å². The van der Waals surface area contributed by atoms with Gasteiger partial charge in [0.2, 0.25) is 0 Å². The van der Waals surface area contributed by atoms with Gasteiger partial charge in [0.25, 0.3) is 5.91 Å². The van der Waals surface area contributed by atoms with Crippen molar-refractivity contribution in [3.05, 3.63) is 76.3 Å². The van der Waals surface area contributed by atoms with E-state index < -0.39 is 0 Å². The van der Waals surface area contributed by atoms with Crippen LogP contribution in [0.1, 0.15) is 45.5 Å². The minimum atomic E-state index is -0.0264. The summed E-state index contributed by atoms with van der Waals surface area (Å²) in [5, 5.41) is 27.0. The monoisotopic (exact) mass is 450 g/mol. The van der Waals surface area contributed by atoms with Crippen molar-refractivity contribution in [3.63, 3.8) is 0 Å². The summed E-state index contributed by atoms with van der Waals surface area (Å²) in [6, 6.07) is 18.5. The molecule has 3 aromatic rings. The fraction of sp³-hybridized carbons (Fsp3) is 0.296. The van der Waals surface area contributed by atoms with E-state index in [0.29, 0.717) is 16.7 Å². The maximum Gasteiger partial charge on any atom is 0.253 e. The fourth-order valence-electron chi connectivity index (χ4n) is 4.39. The largest absolute Gasteiger partial charge is 0.355 e. The Morgan fingerprint density at radius 1 is 0.912 bits per heavy atom. The van der Waals surface area contributed by atoms with Gasteiger partial charge in [-0.05, 0) is 74.2 Å². The number of piperidine rings is 1. The number of benzene rings is 2. The van der Waals surface area contributed by atoms with Crippen molar-refractivity contribution >= 4 is 11.7 Å². The van der Waals surface area contributed by atoms with Gasteiger partial charge >= 0.3 is 0 Å². The first-order valence-corrected chi connectivity index (χ1v) is 11.3. The van der Waals surface area contributed by atoms with Crippen molar-refractivity contribution in [1.82, 2.24) is 15.1 Å². The Bertz CT molecular complexity index is 1280. The third-order valence-corrected chi connectivity index (χ3v) is 6.68. The Kier molecular flexibility index (Phi) is 6.56. The molecule has 1 amide bonds. The molecule has 0 spiro atoms. The molecule has 170 valence electrons. The third-order valence-electron chi connectivity index (χ3n) is 6.68. The Labute approximate surface area is 199 Å². The molecule has 0 atom stereocenters. The summed E-state index contributed by atoms with van der Waals surface area (Å²) >= 11 is 0. The second-order valence-electron chi connectivity index (χ2n) is 8.63. The van der Waals surface area contributed by atoms with Crippen molar-refractivity contribution in [2.75, 3.05) is 25.0 Å². The van der Waals surface area contributed by atoms with Crippen LogP contribution in [0.3, 0.4) is 0 Å². The van der Waals surface area contributed by atoms with Crippen LogP contribution in [-0.2, 0) is 0 Å². The van der Waals surface area contributed by atoms with Crippen LogP contribution in [0.5, 0.6) is 0 Å². The summed E-state index contributed by atoms with van der Waals surface area (Å²) in [6.45, 7) is 5.71. The molecular formula is C27H26N6O. The van der Waals surface area contributed by atoms with Crippen LogP contribution in [-0.4, -0.2) is 47.2 Å². The lowest BCUT2D eigenvalue weighted by atomic mass is 10.00. The number of carbonyl (C=O) groups is 1. The molecule has 7 nitrogen and oxygen atoms in total. The van der Waals surface area contributed by atoms with Gasteiger partial charge in [0.1, 0.15) is 0 Å². The van der Waals surface area contributed by atoms with Crippen LogP contribution >= 0.6 is 0 Å². The molecule has 1 aliphatic heterocycles.